The SMILES string of the molecule is N#Cc1ccc2nc(-c3cc(-c4ccc(-c5nc6ccccc6c6ccc#cc56)cc4)cc(-c4ccc(-c5nc6ccccc6c6ccccc56)cc4)c3)sc2c1. The predicted molar refractivity (Wildman–Crippen MR) is 235 cm³/mol. The number of nitrogens with zero attached hydrogens (tertiary/aromatic N) is 4. The van der Waals surface area contributed by atoms with Crippen molar-refractivity contribution in [1.82, 2.24) is 15.0 Å². The van der Waals surface area contributed by atoms with Crippen LogP contribution in [0, 0.1) is 23.5 Å². The summed E-state index contributed by atoms with van der Waals surface area (Å²) in [4.78, 5) is 15.3. The van der Waals surface area contributed by atoms with E-state index in [0.29, 0.717) is 5.56 Å². The van der Waals surface area contributed by atoms with Gasteiger partial charge in [0, 0.05) is 38.2 Å². The first-order chi connectivity index (χ1) is 28.2. The lowest BCUT2D eigenvalue weighted by Gasteiger charge is -2.13. The molecule has 0 amide bonds. The summed E-state index contributed by atoms with van der Waals surface area (Å²) in [6.07, 6.45) is 0. The molecule has 3 aromatic heterocycles. The smallest absolute Gasteiger partial charge is 0.124 e. The molecule has 262 valence electrons. The van der Waals surface area contributed by atoms with Crippen LogP contribution >= 0.6 is 11.3 Å². The predicted octanol–water partition coefficient (Wildman–Crippen LogP) is 13.5. The normalized spacial score (nSPS) is 11.4. The Morgan fingerprint density at radius 3 is 1.68 bits per heavy atom. The summed E-state index contributed by atoms with van der Waals surface area (Å²) in [7, 11) is 0. The molecular weight excluding hydrogens is 713 g/mol. The Morgan fingerprint density at radius 1 is 0.439 bits per heavy atom. The van der Waals surface area contributed by atoms with Crippen LogP contribution in [0.15, 0.2) is 170 Å². The zero-order valence-corrected chi connectivity index (χ0v) is 31.2. The maximum Gasteiger partial charge on any atom is 0.124 e. The van der Waals surface area contributed by atoms with E-state index in [0.717, 1.165) is 104 Å². The molecule has 0 unspecified atom stereocenters. The standard InChI is InChI=1S/C52H28N4S/c53-31-32-17-26-48-49(27-32)57-52(56-48)39-29-37(33-18-22-35(23-19-33)50-44-13-3-1-9-40(44)42-11-5-7-15-46(42)54-50)28-38(30-39)34-20-24-36(25-21-34)51-45-14-4-2-10-41(45)43-12-6-8-16-47(43)55-51/h1-3,5-13,15-30H. The fourth-order valence-electron chi connectivity index (χ4n) is 7.95. The van der Waals surface area contributed by atoms with Crippen molar-refractivity contribution in [2.75, 3.05) is 0 Å². The Morgan fingerprint density at radius 2 is 1.00 bits per heavy atom. The van der Waals surface area contributed by atoms with Gasteiger partial charge in [0.25, 0.3) is 0 Å². The molecule has 0 saturated carbocycles. The van der Waals surface area contributed by atoms with Crippen molar-refractivity contribution >= 4 is 64.9 Å². The number of pyridine rings is 2. The second-order valence-corrected chi connectivity index (χ2v) is 15.2. The average molecular weight is 741 g/mol. The molecule has 0 N–H and O–H groups in total. The molecule has 0 saturated heterocycles. The number of thiazole rings is 1. The van der Waals surface area contributed by atoms with Crippen LogP contribution in [0.2, 0.25) is 0 Å². The third-order valence-corrected chi connectivity index (χ3v) is 11.8. The first-order valence-electron chi connectivity index (χ1n) is 18.7. The van der Waals surface area contributed by atoms with Crippen molar-refractivity contribution in [2.45, 2.75) is 0 Å². The molecule has 8 aromatic carbocycles. The van der Waals surface area contributed by atoms with E-state index in [1.807, 2.05) is 42.5 Å². The molecular formula is C52H28N4S. The highest BCUT2D eigenvalue weighted by molar-refractivity contribution is 7.21. The molecule has 11 rings (SSSR count). The topological polar surface area (TPSA) is 62.5 Å². The van der Waals surface area contributed by atoms with Crippen LogP contribution in [0.4, 0.5) is 0 Å². The van der Waals surface area contributed by atoms with Gasteiger partial charge in [-0.2, -0.15) is 5.26 Å². The molecule has 0 bridgehead atoms. The van der Waals surface area contributed by atoms with Gasteiger partial charge in [0.1, 0.15) is 5.01 Å². The van der Waals surface area contributed by atoms with Gasteiger partial charge >= 0.3 is 0 Å². The van der Waals surface area contributed by atoms with Crippen molar-refractivity contribution in [1.29, 1.82) is 5.26 Å². The van der Waals surface area contributed by atoms with E-state index >= 15 is 0 Å². The second kappa shape index (κ2) is 13.3. The average Bonchev–Trinajstić information content (AvgIpc) is 3.72. The van der Waals surface area contributed by atoms with E-state index in [9.17, 15) is 5.26 Å². The fourth-order valence-corrected chi connectivity index (χ4v) is 8.94. The van der Waals surface area contributed by atoms with E-state index in [4.69, 9.17) is 15.0 Å². The lowest BCUT2D eigenvalue weighted by molar-refractivity contribution is 1.42. The van der Waals surface area contributed by atoms with E-state index in [1.165, 1.54) is 5.39 Å². The maximum atomic E-state index is 9.55. The first-order valence-corrected chi connectivity index (χ1v) is 19.5. The lowest BCUT2D eigenvalue weighted by atomic mass is 9.94. The molecule has 3 heterocycles. The van der Waals surface area contributed by atoms with Gasteiger partial charge < -0.3 is 0 Å². The minimum Gasteiger partial charge on any atom is -0.247 e. The largest absolute Gasteiger partial charge is 0.247 e. The van der Waals surface area contributed by atoms with Crippen LogP contribution in [-0.4, -0.2) is 15.0 Å². The molecule has 4 nitrogen and oxygen atoms in total. The molecule has 57 heavy (non-hydrogen) atoms. The highest BCUT2D eigenvalue weighted by atomic mass is 32.1. The number of fused-ring (bicyclic) bond motifs is 7. The Kier molecular flexibility index (Phi) is 7.60. The number of hydrogen-bond acceptors (Lipinski definition) is 5. The summed E-state index contributed by atoms with van der Waals surface area (Å²) in [5.41, 5.74) is 12.8. The van der Waals surface area contributed by atoms with Crippen molar-refractivity contribution in [2.24, 2.45) is 0 Å². The van der Waals surface area contributed by atoms with Gasteiger partial charge in [-0.3, -0.25) is 0 Å². The summed E-state index contributed by atoms with van der Waals surface area (Å²) in [5, 5.41) is 17.1. The molecule has 0 aliphatic carbocycles. The first kappa shape index (κ1) is 32.7. The zero-order valence-electron chi connectivity index (χ0n) is 30.4. The second-order valence-electron chi connectivity index (χ2n) is 14.2. The van der Waals surface area contributed by atoms with Crippen molar-refractivity contribution in [3.63, 3.8) is 0 Å². The van der Waals surface area contributed by atoms with Crippen molar-refractivity contribution in [3.05, 3.63) is 188 Å². The summed E-state index contributed by atoms with van der Waals surface area (Å²) < 4.78 is 0.990. The van der Waals surface area contributed by atoms with Gasteiger partial charge in [0.15, 0.2) is 0 Å². The fraction of sp³-hybridized carbons (Fsp3) is 0. The van der Waals surface area contributed by atoms with E-state index in [-0.39, 0.29) is 0 Å². The highest BCUT2D eigenvalue weighted by Gasteiger charge is 2.15. The number of rotatable bonds is 5. The Labute approximate surface area is 332 Å². The summed E-state index contributed by atoms with van der Waals surface area (Å²) in [6.45, 7) is 0. The molecule has 0 atom stereocenters. The maximum absolute atomic E-state index is 9.55. The monoisotopic (exact) mass is 740 g/mol. The van der Waals surface area contributed by atoms with E-state index < -0.39 is 0 Å². The van der Waals surface area contributed by atoms with Crippen LogP contribution in [0.3, 0.4) is 0 Å². The van der Waals surface area contributed by atoms with Crippen molar-refractivity contribution < 1.29 is 0 Å². The van der Waals surface area contributed by atoms with E-state index in [1.54, 1.807) is 11.3 Å². The quantitative estimate of drug-likeness (QED) is 0.165. The molecule has 0 fully saturated rings. The van der Waals surface area contributed by atoms with Crippen molar-refractivity contribution in [3.8, 4) is 61.4 Å². The van der Waals surface area contributed by atoms with Gasteiger partial charge in [-0.1, -0.05) is 121 Å². The van der Waals surface area contributed by atoms with Gasteiger partial charge in [0.05, 0.1) is 49.7 Å². The molecule has 11 aromatic rings. The van der Waals surface area contributed by atoms with Gasteiger partial charge in [0.2, 0.25) is 0 Å². The highest BCUT2D eigenvalue weighted by Crippen LogP contribution is 2.39. The van der Waals surface area contributed by atoms with Crippen LogP contribution in [0.25, 0.3) is 109 Å². The number of nitriles is 1. The minimum absolute atomic E-state index is 0.630. The van der Waals surface area contributed by atoms with Crippen LogP contribution < -0.4 is 0 Å². The molecule has 0 radical (unpaired) electrons. The van der Waals surface area contributed by atoms with Gasteiger partial charge in [-0.25, -0.2) is 15.0 Å². The molecule has 0 aliphatic rings. The summed E-state index contributed by atoms with van der Waals surface area (Å²) >= 11 is 1.61. The number of benzene rings is 7. The molecule has 5 heteroatoms. The molecule has 0 aliphatic heterocycles. The van der Waals surface area contributed by atoms with Crippen LogP contribution in [-0.2, 0) is 0 Å². The van der Waals surface area contributed by atoms with Gasteiger partial charge in [-0.15, -0.1) is 11.3 Å². The number of para-hydroxylation sites is 2. The van der Waals surface area contributed by atoms with Crippen LogP contribution in [0.1, 0.15) is 5.56 Å². The lowest BCUT2D eigenvalue weighted by Crippen LogP contribution is -1.90. The van der Waals surface area contributed by atoms with Crippen LogP contribution in [0.5, 0.6) is 0 Å². The Bertz CT molecular complexity index is 3230. The zero-order chi connectivity index (χ0) is 37.9. The minimum atomic E-state index is 0.630. The number of hydrogen-bond donors (Lipinski definition) is 0. The van der Waals surface area contributed by atoms with E-state index in [2.05, 4.69) is 146 Å². The Balaban J connectivity index is 1.03. The third-order valence-electron chi connectivity index (χ3n) is 10.8. The summed E-state index contributed by atoms with van der Waals surface area (Å²) in [6, 6.07) is 67.6. The third kappa shape index (κ3) is 5.66. The van der Waals surface area contributed by atoms with Gasteiger partial charge in [-0.05, 0) is 88.3 Å². The molecule has 0 spiro atoms. The number of aromatic nitrogens is 3. The Hall–Kier alpha value is -7.70. The summed E-state index contributed by atoms with van der Waals surface area (Å²) in [5.74, 6) is 0.